The molecular formula is C69H44N2OS. The number of hydrogen-bond acceptors (Lipinski definition) is 4. The molecule has 2 heterocycles. The molecule has 14 aromatic rings. The van der Waals surface area contributed by atoms with Crippen molar-refractivity contribution in [2.45, 2.75) is 5.41 Å². The zero-order chi connectivity index (χ0) is 48.0. The molecule has 0 atom stereocenters. The van der Waals surface area contributed by atoms with E-state index in [2.05, 4.69) is 277 Å². The number of rotatable bonds is 8. The molecule has 15 rings (SSSR count). The van der Waals surface area contributed by atoms with E-state index in [9.17, 15) is 0 Å². The summed E-state index contributed by atoms with van der Waals surface area (Å²) in [5.74, 6) is 0. The Bertz CT molecular complexity index is 4410. The van der Waals surface area contributed by atoms with Crippen LogP contribution in [0.1, 0.15) is 22.3 Å². The summed E-state index contributed by atoms with van der Waals surface area (Å²) < 4.78 is 9.97. The van der Waals surface area contributed by atoms with Gasteiger partial charge in [0, 0.05) is 49.2 Å². The third kappa shape index (κ3) is 6.24. The van der Waals surface area contributed by atoms with Crippen LogP contribution in [0.5, 0.6) is 0 Å². The van der Waals surface area contributed by atoms with E-state index in [0.29, 0.717) is 0 Å². The van der Waals surface area contributed by atoms with Gasteiger partial charge < -0.3 is 14.2 Å². The average molecular weight is 949 g/mol. The number of nitrogens with zero attached hydrogens (tertiary/aromatic N) is 2. The Morgan fingerprint density at radius 3 is 1.41 bits per heavy atom. The number of hydrogen-bond donors (Lipinski definition) is 0. The Labute approximate surface area is 426 Å². The predicted octanol–water partition coefficient (Wildman–Crippen LogP) is 19.6. The van der Waals surface area contributed by atoms with E-state index in [-0.39, 0.29) is 0 Å². The maximum atomic E-state index is 7.51. The van der Waals surface area contributed by atoms with Gasteiger partial charge in [-0.3, -0.25) is 0 Å². The molecule has 342 valence electrons. The third-order valence-corrected chi connectivity index (χ3v) is 16.4. The van der Waals surface area contributed by atoms with Gasteiger partial charge in [0.2, 0.25) is 0 Å². The highest BCUT2D eigenvalue weighted by Crippen LogP contribution is 2.65. The second-order valence-electron chi connectivity index (χ2n) is 19.1. The molecule has 0 radical (unpaired) electrons. The first-order valence-electron chi connectivity index (χ1n) is 25.0. The maximum Gasteiger partial charge on any atom is 0.145 e. The molecule has 73 heavy (non-hydrogen) atoms. The van der Waals surface area contributed by atoms with Gasteiger partial charge in [-0.25, -0.2) is 0 Å². The SMILES string of the molecule is c1ccc(N(c2ccc3ccccc3c2)c2cc3c(c4c2sc2ccccc24)-c2c(cc(N(c4ccccc4)c4ccc5ccccc5c4)c4c2oc2ccccc24)C3(c2ccccc2)c2ccccc2)cc1. The van der Waals surface area contributed by atoms with E-state index in [0.717, 1.165) is 61.6 Å². The lowest BCUT2D eigenvalue weighted by atomic mass is 9.67. The van der Waals surface area contributed by atoms with E-state index in [1.54, 1.807) is 0 Å². The standard InChI is InChI=1S/C69H44N2OS/c1-5-25-49(26-6-1)69(50-27-7-2-8-28-50)57-44-60(71(52-31-11-4-12-32-52)54-40-38-46-22-14-16-24-48(46)42-54)68-64(56-34-18-20-36-62(56)73-68)65(57)66-58(69)43-59(63-55-33-17-19-35-61(55)72-67(63)66)70(51-29-9-3-10-30-51)53-39-37-45-21-13-15-23-47(45)41-53/h1-44H. The van der Waals surface area contributed by atoms with Crippen LogP contribution in [0.15, 0.2) is 271 Å². The number of anilines is 6. The van der Waals surface area contributed by atoms with E-state index in [1.807, 2.05) is 11.3 Å². The van der Waals surface area contributed by atoms with Crippen molar-refractivity contribution in [3.05, 3.63) is 289 Å². The Hall–Kier alpha value is -9.22. The molecule has 0 unspecified atom stereocenters. The van der Waals surface area contributed by atoms with E-state index in [1.165, 1.54) is 69.5 Å². The molecule has 1 aliphatic carbocycles. The second-order valence-corrected chi connectivity index (χ2v) is 20.2. The summed E-state index contributed by atoms with van der Waals surface area (Å²) in [6.07, 6.45) is 0. The fraction of sp³-hybridized carbons (Fsp3) is 0.0145. The Morgan fingerprint density at radius 1 is 0.342 bits per heavy atom. The molecule has 0 spiro atoms. The molecule has 0 N–H and O–H groups in total. The first-order chi connectivity index (χ1) is 36.2. The molecule has 0 amide bonds. The summed E-state index contributed by atoms with van der Waals surface area (Å²) in [6.45, 7) is 0. The van der Waals surface area contributed by atoms with Gasteiger partial charge in [0.25, 0.3) is 0 Å². The van der Waals surface area contributed by atoms with Crippen molar-refractivity contribution in [3.63, 3.8) is 0 Å². The van der Waals surface area contributed by atoms with Crippen molar-refractivity contribution in [2.75, 3.05) is 9.80 Å². The van der Waals surface area contributed by atoms with Crippen LogP contribution in [0.4, 0.5) is 34.1 Å². The topological polar surface area (TPSA) is 19.6 Å². The third-order valence-electron chi connectivity index (χ3n) is 15.2. The molecule has 4 heteroatoms. The summed E-state index contributed by atoms with van der Waals surface area (Å²) in [5.41, 5.74) is 14.5. The van der Waals surface area contributed by atoms with Crippen molar-refractivity contribution in [2.24, 2.45) is 0 Å². The number of furan rings is 1. The van der Waals surface area contributed by atoms with Crippen molar-refractivity contribution < 1.29 is 4.42 Å². The van der Waals surface area contributed by atoms with E-state index < -0.39 is 5.41 Å². The smallest absolute Gasteiger partial charge is 0.145 e. The lowest BCUT2D eigenvalue weighted by Crippen LogP contribution is -2.29. The minimum atomic E-state index is -0.821. The van der Waals surface area contributed by atoms with Gasteiger partial charge in [-0.2, -0.15) is 0 Å². The summed E-state index contributed by atoms with van der Waals surface area (Å²) in [4.78, 5) is 4.95. The quantitative estimate of drug-likeness (QED) is 0.151. The Morgan fingerprint density at radius 2 is 0.808 bits per heavy atom. The van der Waals surface area contributed by atoms with Gasteiger partial charge in [0.05, 0.1) is 26.9 Å². The van der Waals surface area contributed by atoms with Gasteiger partial charge in [0.15, 0.2) is 0 Å². The highest BCUT2D eigenvalue weighted by atomic mass is 32.1. The minimum Gasteiger partial charge on any atom is -0.455 e. The molecule has 3 nitrogen and oxygen atoms in total. The number of para-hydroxylation sites is 3. The van der Waals surface area contributed by atoms with Crippen LogP contribution in [0.3, 0.4) is 0 Å². The predicted molar refractivity (Wildman–Crippen MR) is 308 cm³/mol. The lowest BCUT2D eigenvalue weighted by molar-refractivity contribution is 0.669. The Kier molecular flexibility index (Phi) is 9.35. The van der Waals surface area contributed by atoms with E-state index >= 15 is 0 Å². The van der Waals surface area contributed by atoms with Crippen molar-refractivity contribution >= 4 is 109 Å². The molecule has 0 saturated carbocycles. The van der Waals surface area contributed by atoms with Gasteiger partial charge in [0.1, 0.15) is 11.2 Å². The van der Waals surface area contributed by atoms with Crippen LogP contribution in [0, 0.1) is 0 Å². The van der Waals surface area contributed by atoms with Crippen LogP contribution in [-0.2, 0) is 5.41 Å². The van der Waals surface area contributed by atoms with Crippen molar-refractivity contribution in [1.82, 2.24) is 0 Å². The van der Waals surface area contributed by atoms with Crippen LogP contribution < -0.4 is 9.80 Å². The molecule has 0 saturated heterocycles. The van der Waals surface area contributed by atoms with E-state index in [4.69, 9.17) is 4.42 Å². The largest absolute Gasteiger partial charge is 0.455 e. The molecule has 0 bridgehead atoms. The van der Waals surface area contributed by atoms with Crippen molar-refractivity contribution in [1.29, 1.82) is 0 Å². The maximum absolute atomic E-state index is 7.51. The number of benzene rings is 12. The number of thiophene rings is 1. The highest BCUT2D eigenvalue weighted by molar-refractivity contribution is 7.26. The number of fused-ring (bicyclic) bond motifs is 13. The average Bonchev–Trinajstić information content (AvgIpc) is 4.24. The first kappa shape index (κ1) is 41.6. The molecule has 12 aromatic carbocycles. The summed E-state index contributed by atoms with van der Waals surface area (Å²) in [6, 6.07) is 97.9. The molecular weight excluding hydrogens is 905 g/mol. The molecule has 1 aliphatic rings. The summed E-state index contributed by atoms with van der Waals surface area (Å²) in [5, 5.41) is 9.39. The van der Waals surface area contributed by atoms with Crippen LogP contribution in [0.25, 0.3) is 74.8 Å². The molecule has 2 aromatic heterocycles. The van der Waals surface area contributed by atoms with Crippen LogP contribution >= 0.6 is 11.3 Å². The zero-order valence-corrected chi connectivity index (χ0v) is 40.4. The first-order valence-corrected chi connectivity index (χ1v) is 25.8. The van der Waals surface area contributed by atoms with Gasteiger partial charge in [-0.05, 0) is 122 Å². The van der Waals surface area contributed by atoms with Crippen LogP contribution in [0.2, 0.25) is 0 Å². The fourth-order valence-corrected chi connectivity index (χ4v) is 13.4. The zero-order valence-electron chi connectivity index (χ0n) is 39.6. The highest BCUT2D eigenvalue weighted by Gasteiger charge is 2.50. The molecule has 0 aliphatic heterocycles. The van der Waals surface area contributed by atoms with Crippen LogP contribution in [-0.4, -0.2) is 0 Å². The van der Waals surface area contributed by atoms with Gasteiger partial charge in [-0.1, -0.05) is 194 Å². The summed E-state index contributed by atoms with van der Waals surface area (Å²) >= 11 is 1.88. The lowest BCUT2D eigenvalue weighted by Gasteiger charge is -2.36. The summed E-state index contributed by atoms with van der Waals surface area (Å²) in [7, 11) is 0. The Balaban J connectivity index is 1.15. The van der Waals surface area contributed by atoms with Gasteiger partial charge >= 0.3 is 0 Å². The fourth-order valence-electron chi connectivity index (χ4n) is 12.2. The molecule has 0 fully saturated rings. The van der Waals surface area contributed by atoms with Gasteiger partial charge in [-0.15, -0.1) is 11.3 Å². The second kappa shape index (κ2) is 16.4. The van der Waals surface area contributed by atoms with Crippen molar-refractivity contribution in [3.8, 4) is 11.1 Å². The monoisotopic (exact) mass is 948 g/mol. The normalized spacial score (nSPS) is 12.8. The minimum absolute atomic E-state index is 0.821.